The molecule has 1 N–H and O–H groups in total. The van der Waals surface area contributed by atoms with Gasteiger partial charge >= 0.3 is 0 Å². The number of hydrogen-bond acceptors (Lipinski definition) is 9. The molecule has 2 aliphatic heterocycles. The topological polar surface area (TPSA) is 104 Å². The molecule has 10 nitrogen and oxygen atoms in total. The highest BCUT2D eigenvalue weighted by atomic mass is 32.1. The minimum absolute atomic E-state index is 0.0751. The Labute approximate surface area is 235 Å². The summed E-state index contributed by atoms with van der Waals surface area (Å²) in [6, 6.07) is 12.3. The number of aliphatic hydroxyl groups excluding tert-OH is 1. The quantitative estimate of drug-likeness (QED) is 0.384. The number of β-amino-alcohol motifs (C(OH)–C–C–N with tert-alkyl or cyclic N) is 1. The van der Waals surface area contributed by atoms with Crippen LogP contribution in [0.3, 0.4) is 0 Å². The predicted molar refractivity (Wildman–Crippen MR) is 151 cm³/mol. The van der Waals surface area contributed by atoms with Crippen LogP contribution in [0.2, 0.25) is 0 Å². The number of aliphatic hydroxyl groups is 1. The van der Waals surface area contributed by atoms with Crippen molar-refractivity contribution in [3.63, 3.8) is 0 Å². The van der Waals surface area contributed by atoms with Crippen molar-refractivity contribution in [2.45, 2.75) is 13.0 Å². The first-order chi connectivity index (χ1) is 19.3. The maximum Gasteiger partial charge on any atom is 0.236 e. The Morgan fingerprint density at radius 3 is 2.55 bits per heavy atom. The van der Waals surface area contributed by atoms with Crippen LogP contribution in [0.15, 0.2) is 42.6 Å². The molecule has 0 unspecified atom stereocenters. The number of nitrogens with zero attached hydrogens (tertiary/aromatic N) is 8. The van der Waals surface area contributed by atoms with E-state index in [2.05, 4.69) is 28.1 Å². The van der Waals surface area contributed by atoms with Crippen LogP contribution >= 0.6 is 11.3 Å². The third kappa shape index (κ3) is 4.88. The van der Waals surface area contributed by atoms with E-state index in [0.717, 1.165) is 49.0 Å². The second kappa shape index (κ2) is 10.5. The zero-order valence-electron chi connectivity index (χ0n) is 22.3. The second-order valence-electron chi connectivity index (χ2n) is 10.2. The fourth-order valence-electron chi connectivity index (χ4n) is 5.27. The molecule has 4 aromatic rings. The van der Waals surface area contributed by atoms with Crippen LogP contribution < -0.4 is 9.80 Å². The first-order valence-electron chi connectivity index (χ1n) is 13.1. The Morgan fingerprint density at radius 2 is 1.88 bits per heavy atom. The number of hydrogen-bond donors (Lipinski definition) is 1. The summed E-state index contributed by atoms with van der Waals surface area (Å²) in [5.41, 5.74) is 3.91. The zero-order valence-corrected chi connectivity index (χ0v) is 23.1. The van der Waals surface area contributed by atoms with Crippen molar-refractivity contribution >= 4 is 39.5 Å². The Balaban J connectivity index is 1.21. The van der Waals surface area contributed by atoms with Gasteiger partial charge in [-0.1, -0.05) is 11.3 Å². The summed E-state index contributed by atoms with van der Waals surface area (Å²) in [4.78, 5) is 30.5. The first kappa shape index (κ1) is 26.2. The monoisotopic (exact) mass is 560 g/mol. The molecule has 1 aromatic carbocycles. The molecule has 1 amide bonds. The van der Waals surface area contributed by atoms with Crippen molar-refractivity contribution in [2.24, 2.45) is 0 Å². The first-order valence-corrected chi connectivity index (χ1v) is 13.9. The second-order valence-corrected chi connectivity index (χ2v) is 11.2. The summed E-state index contributed by atoms with van der Waals surface area (Å²) < 4.78 is 15.5. The largest absolute Gasteiger partial charge is 0.389 e. The van der Waals surface area contributed by atoms with E-state index in [9.17, 15) is 19.6 Å². The molecular formula is C28H29FN8O2S. The molecule has 0 saturated carbocycles. The Kier molecular flexibility index (Phi) is 6.87. The third-order valence-electron chi connectivity index (χ3n) is 7.50. The zero-order chi connectivity index (χ0) is 28.0. The lowest BCUT2D eigenvalue weighted by Gasteiger charge is -2.39. The number of carbonyl (C=O) groups excluding carboxylic acids is 1. The molecule has 5 heterocycles. The van der Waals surface area contributed by atoms with Crippen molar-refractivity contribution < 1.29 is 14.3 Å². The van der Waals surface area contributed by atoms with Crippen molar-refractivity contribution in [1.82, 2.24) is 24.2 Å². The van der Waals surface area contributed by atoms with Gasteiger partial charge in [0.15, 0.2) is 5.13 Å². The van der Waals surface area contributed by atoms with Gasteiger partial charge in [0.1, 0.15) is 33.9 Å². The lowest BCUT2D eigenvalue weighted by atomic mass is 10.1. The molecule has 0 atom stereocenters. The number of halogens is 1. The number of thiazole rings is 1. The number of likely N-dealkylation sites (tertiary alicyclic amines) is 1. The van der Waals surface area contributed by atoms with Crippen molar-refractivity contribution in [3.05, 3.63) is 59.0 Å². The minimum Gasteiger partial charge on any atom is -0.389 e. The number of anilines is 3. The van der Waals surface area contributed by atoms with Crippen LogP contribution in [-0.2, 0) is 4.79 Å². The Morgan fingerprint density at radius 1 is 1.15 bits per heavy atom. The number of piperazine rings is 1. The molecule has 0 bridgehead atoms. The number of carbonyl (C=O) groups is 1. The highest BCUT2D eigenvalue weighted by Gasteiger charge is 2.30. The summed E-state index contributed by atoms with van der Waals surface area (Å²) in [5.74, 6) is 0.585. The van der Waals surface area contributed by atoms with E-state index in [-0.39, 0.29) is 17.8 Å². The van der Waals surface area contributed by atoms with E-state index in [1.807, 2.05) is 29.3 Å². The number of pyridine rings is 1. The van der Waals surface area contributed by atoms with Gasteiger partial charge in [0.2, 0.25) is 5.91 Å². The number of amides is 1. The van der Waals surface area contributed by atoms with Gasteiger partial charge in [0.05, 0.1) is 24.0 Å². The summed E-state index contributed by atoms with van der Waals surface area (Å²) in [6.07, 6.45) is 1.69. The van der Waals surface area contributed by atoms with Gasteiger partial charge in [-0.3, -0.25) is 14.1 Å². The molecule has 0 aliphatic carbocycles. The van der Waals surface area contributed by atoms with Crippen LogP contribution in [0.5, 0.6) is 0 Å². The number of aromatic nitrogens is 3. The van der Waals surface area contributed by atoms with E-state index < -0.39 is 0 Å². The SMILES string of the molecule is Cc1nc2ccc(N3CCN(CC(=O)N4CC(O)C4)CC3)cn2c1N(C)c1nc(-c2ccc(F)cc2)c(C#N)s1. The van der Waals surface area contributed by atoms with Crippen LogP contribution in [-0.4, -0.2) is 94.1 Å². The summed E-state index contributed by atoms with van der Waals surface area (Å²) in [5, 5.41) is 19.9. The molecule has 206 valence electrons. The lowest BCUT2D eigenvalue weighted by molar-refractivity contribution is -0.142. The maximum absolute atomic E-state index is 13.5. The Hall–Kier alpha value is -4.05. The maximum atomic E-state index is 13.5. The van der Waals surface area contributed by atoms with E-state index in [0.29, 0.717) is 40.9 Å². The van der Waals surface area contributed by atoms with Gasteiger partial charge in [0, 0.05) is 58.1 Å². The van der Waals surface area contributed by atoms with Crippen LogP contribution in [0.25, 0.3) is 16.9 Å². The molecule has 40 heavy (non-hydrogen) atoms. The van der Waals surface area contributed by atoms with Gasteiger partial charge in [-0.05, 0) is 43.3 Å². The molecule has 12 heteroatoms. The summed E-state index contributed by atoms with van der Waals surface area (Å²) in [6.45, 7) is 6.34. The molecular weight excluding hydrogens is 531 g/mol. The summed E-state index contributed by atoms with van der Waals surface area (Å²) in [7, 11) is 1.91. The van der Waals surface area contributed by atoms with Gasteiger partial charge in [-0.15, -0.1) is 0 Å². The predicted octanol–water partition coefficient (Wildman–Crippen LogP) is 2.87. The Bertz CT molecular complexity index is 1600. The number of benzene rings is 1. The average Bonchev–Trinajstić information content (AvgIpc) is 3.52. The third-order valence-corrected chi connectivity index (χ3v) is 8.53. The number of imidazole rings is 1. The van der Waals surface area contributed by atoms with Crippen LogP contribution in [0.4, 0.5) is 21.0 Å². The van der Waals surface area contributed by atoms with Crippen molar-refractivity contribution in [1.29, 1.82) is 5.26 Å². The van der Waals surface area contributed by atoms with Crippen LogP contribution in [0, 0.1) is 24.1 Å². The van der Waals surface area contributed by atoms with Crippen LogP contribution in [0.1, 0.15) is 10.6 Å². The van der Waals surface area contributed by atoms with Gasteiger partial charge in [-0.2, -0.15) is 5.26 Å². The van der Waals surface area contributed by atoms with E-state index >= 15 is 0 Å². The van der Waals surface area contributed by atoms with E-state index in [1.165, 1.54) is 23.5 Å². The molecule has 2 aliphatic rings. The lowest BCUT2D eigenvalue weighted by Crippen LogP contribution is -2.57. The molecule has 6 rings (SSSR count). The number of aryl methyl sites for hydroxylation is 1. The average molecular weight is 561 g/mol. The number of rotatable bonds is 6. The van der Waals surface area contributed by atoms with Crippen molar-refractivity contribution in [2.75, 3.05) is 62.7 Å². The molecule has 2 saturated heterocycles. The standard InChI is InChI=1S/C28H29FN8O2S/c1-18-27(33(2)28-32-26(23(13-30)40-28)19-3-5-20(29)6-4-19)37-14-21(7-8-24(37)31-18)35-11-9-34(10-12-35)17-25(39)36-15-22(38)16-36/h3-8,14,22,38H,9-12,15-17H2,1-2H3. The molecule has 0 radical (unpaired) electrons. The molecule has 2 fully saturated rings. The van der Waals surface area contributed by atoms with E-state index in [1.54, 1.807) is 17.0 Å². The summed E-state index contributed by atoms with van der Waals surface area (Å²) >= 11 is 1.29. The van der Waals surface area contributed by atoms with Crippen molar-refractivity contribution in [3.8, 4) is 17.3 Å². The van der Waals surface area contributed by atoms with Gasteiger partial charge in [-0.25, -0.2) is 14.4 Å². The van der Waals surface area contributed by atoms with Gasteiger partial charge < -0.3 is 19.8 Å². The number of fused-ring (bicyclic) bond motifs is 1. The fourth-order valence-corrected chi connectivity index (χ4v) is 6.12. The van der Waals surface area contributed by atoms with Gasteiger partial charge in [0.25, 0.3) is 0 Å². The minimum atomic E-state index is -0.382. The fraction of sp³-hybridized carbons (Fsp3) is 0.357. The molecule has 3 aromatic heterocycles. The van der Waals surface area contributed by atoms with E-state index in [4.69, 9.17) is 9.97 Å². The smallest absolute Gasteiger partial charge is 0.236 e. The highest BCUT2D eigenvalue weighted by Crippen LogP contribution is 2.37. The molecule has 0 spiro atoms. The normalized spacial score (nSPS) is 16.3. The highest BCUT2D eigenvalue weighted by molar-refractivity contribution is 7.16. The number of nitriles is 1.